The monoisotopic (exact) mass is 336 g/mol. The van der Waals surface area contributed by atoms with Crippen LogP contribution in [0.25, 0.3) is 0 Å². The van der Waals surface area contributed by atoms with Crippen molar-refractivity contribution in [1.82, 2.24) is 9.88 Å². The highest BCUT2D eigenvalue weighted by Gasteiger charge is 2.35. The third kappa shape index (κ3) is 2.95. The zero-order valence-corrected chi connectivity index (χ0v) is 14.7. The fourth-order valence-electron chi connectivity index (χ4n) is 3.03. The van der Waals surface area contributed by atoms with Gasteiger partial charge in [-0.15, -0.1) is 11.3 Å². The van der Waals surface area contributed by atoms with Gasteiger partial charge in [0, 0.05) is 25.6 Å². The summed E-state index contributed by atoms with van der Waals surface area (Å²) >= 11 is 3.17. The van der Waals surface area contributed by atoms with Crippen molar-refractivity contribution in [2.75, 3.05) is 13.7 Å². The van der Waals surface area contributed by atoms with Crippen LogP contribution in [-0.2, 0) is 11.3 Å². The molecule has 1 aliphatic heterocycles. The second-order valence-corrected chi connectivity index (χ2v) is 7.61. The minimum Gasteiger partial charge on any atom is -0.378 e. The van der Waals surface area contributed by atoms with E-state index < -0.39 is 0 Å². The van der Waals surface area contributed by atoms with Crippen LogP contribution in [0, 0.1) is 6.92 Å². The molecule has 22 heavy (non-hydrogen) atoms. The summed E-state index contributed by atoms with van der Waals surface area (Å²) in [7, 11) is 1.65. The second kappa shape index (κ2) is 6.48. The molecule has 1 saturated heterocycles. The molecule has 2 aromatic rings. The number of amides is 1. The van der Waals surface area contributed by atoms with Gasteiger partial charge in [-0.1, -0.05) is 0 Å². The van der Waals surface area contributed by atoms with E-state index in [2.05, 4.69) is 28.7 Å². The van der Waals surface area contributed by atoms with E-state index in [9.17, 15) is 4.79 Å². The lowest BCUT2D eigenvalue weighted by Crippen LogP contribution is -2.33. The first-order chi connectivity index (χ1) is 10.6. The summed E-state index contributed by atoms with van der Waals surface area (Å²) in [6.45, 7) is 5.30. The van der Waals surface area contributed by atoms with E-state index in [0.29, 0.717) is 12.5 Å². The van der Waals surface area contributed by atoms with Crippen molar-refractivity contribution in [2.45, 2.75) is 38.8 Å². The predicted molar refractivity (Wildman–Crippen MR) is 89.7 cm³/mol. The molecule has 2 atom stereocenters. The topological polar surface area (TPSA) is 42.4 Å². The van der Waals surface area contributed by atoms with Gasteiger partial charge in [0.25, 0.3) is 5.91 Å². The Balaban J connectivity index is 1.77. The Hall–Kier alpha value is -1.24. The largest absolute Gasteiger partial charge is 0.378 e. The van der Waals surface area contributed by atoms with Crippen LogP contribution in [0.3, 0.4) is 0 Å². The van der Waals surface area contributed by atoms with E-state index in [1.165, 1.54) is 16.9 Å². The molecule has 1 fully saturated rings. The molecule has 0 aliphatic carbocycles. The van der Waals surface area contributed by atoms with Gasteiger partial charge in [0.1, 0.15) is 9.88 Å². The van der Waals surface area contributed by atoms with E-state index in [1.807, 2.05) is 11.8 Å². The molecular formula is C16H20N2O2S2. The second-order valence-electron chi connectivity index (χ2n) is 5.75. The van der Waals surface area contributed by atoms with Gasteiger partial charge in [0.15, 0.2) is 0 Å². The summed E-state index contributed by atoms with van der Waals surface area (Å²) in [5, 5.41) is 5.17. The number of aromatic nitrogens is 1. The number of ether oxygens (including phenoxy) is 1. The smallest absolute Gasteiger partial charge is 0.266 e. The fraction of sp³-hybridized carbons (Fsp3) is 0.500. The normalized spacial score (nSPS) is 21.5. The zero-order chi connectivity index (χ0) is 15.7. The molecule has 0 spiro atoms. The predicted octanol–water partition coefficient (Wildman–Crippen LogP) is 3.68. The van der Waals surface area contributed by atoms with Gasteiger partial charge in [-0.3, -0.25) is 4.79 Å². The summed E-state index contributed by atoms with van der Waals surface area (Å²) in [5.41, 5.74) is 2.17. The molecule has 6 heteroatoms. The number of hydrogen-bond donors (Lipinski definition) is 0. The van der Waals surface area contributed by atoms with Crippen LogP contribution in [0.5, 0.6) is 0 Å². The fourth-order valence-corrected chi connectivity index (χ4v) is 4.76. The quantitative estimate of drug-likeness (QED) is 0.855. The molecule has 4 nitrogen and oxygen atoms in total. The number of nitrogens with zero attached hydrogens (tertiary/aromatic N) is 2. The number of carbonyl (C=O) groups is 1. The number of hydrogen-bond acceptors (Lipinski definition) is 5. The molecule has 0 saturated carbocycles. The first-order valence-corrected chi connectivity index (χ1v) is 9.14. The van der Waals surface area contributed by atoms with Gasteiger partial charge >= 0.3 is 0 Å². The molecule has 118 valence electrons. The Labute approximate surface area is 138 Å². The molecule has 0 bridgehead atoms. The van der Waals surface area contributed by atoms with Crippen LogP contribution in [0.1, 0.15) is 45.2 Å². The highest BCUT2D eigenvalue weighted by atomic mass is 32.1. The maximum atomic E-state index is 12.9. The Morgan fingerprint density at radius 2 is 2.36 bits per heavy atom. The van der Waals surface area contributed by atoms with Gasteiger partial charge in [0.2, 0.25) is 0 Å². The Bertz CT molecular complexity index is 651. The lowest BCUT2D eigenvalue weighted by molar-refractivity contribution is 0.0750. The SMILES string of the molecule is COCc1nc(C)c(C(=O)N2C[C@H](c3ccsc3)C[C@@H]2C)s1. The highest BCUT2D eigenvalue weighted by Crippen LogP contribution is 2.34. The summed E-state index contributed by atoms with van der Waals surface area (Å²) in [4.78, 5) is 20.1. The molecule has 2 aromatic heterocycles. The van der Waals surface area contributed by atoms with Crippen LogP contribution in [-0.4, -0.2) is 35.5 Å². The molecule has 1 amide bonds. The lowest BCUT2D eigenvalue weighted by Gasteiger charge is -2.20. The minimum absolute atomic E-state index is 0.114. The van der Waals surface area contributed by atoms with Crippen molar-refractivity contribution in [3.05, 3.63) is 38.0 Å². The van der Waals surface area contributed by atoms with Crippen molar-refractivity contribution < 1.29 is 9.53 Å². The zero-order valence-electron chi connectivity index (χ0n) is 13.0. The van der Waals surface area contributed by atoms with Crippen LogP contribution in [0.2, 0.25) is 0 Å². The Morgan fingerprint density at radius 3 is 3.05 bits per heavy atom. The Kier molecular flexibility index (Phi) is 4.61. The minimum atomic E-state index is 0.114. The summed E-state index contributed by atoms with van der Waals surface area (Å²) in [6.07, 6.45) is 1.03. The summed E-state index contributed by atoms with van der Waals surface area (Å²) < 4.78 is 5.11. The van der Waals surface area contributed by atoms with Crippen LogP contribution < -0.4 is 0 Å². The van der Waals surface area contributed by atoms with Gasteiger partial charge in [0.05, 0.1) is 12.3 Å². The molecule has 3 rings (SSSR count). The van der Waals surface area contributed by atoms with Gasteiger partial charge in [-0.2, -0.15) is 11.3 Å². The maximum Gasteiger partial charge on any atom is 0.266 e. The molecular weight excluding hydrogens is 316 g/mol. The highest BCUT2D eigenvalue weighted by molar-refractivity contribution is 7.13. The first-order valence-electron chi connectivity index (χ1n) is 7.38. The number of rotatable bonds is 4. The molecule has 3 heterocycles. The number of thiazole rings is 1. The van der Waals surface area contributed by atoms with Crippen molar-refractivity contribution in [3.63, 3.8) is 0 Å². The molecule has 0 radical (unpaired) electrons. The van der Waals surface area contributed by atoms with Crippen LogP contribution >= 0.6 is 22.7 Å². The number of thiophene rings is 1. The van der Waals surface area contributed by atoms with Crippen molar-refractivity contribution in [1.29, 1.82) is 0 Å². The average molecular weight is 336 g/mol. The lowest BCUT2D eigenvalue weighted by atomic mass is 10.00. The van der Waals surface area contributed by atoms with Crippen molar-refractivity contribution in [3.8, 4) is 0 Å². The van der Waals surface area contributed by atoms with Gasteiger partial charge in [-0.05, 0) is 42.7 Å². The van der Waals surface area contributed by atoms with E-state index in [1.54, 1.807) is 18.4 Å². The molecule has 0 N–H and O–H groups in total. The molecule has 0 unspecified atom stereocenters. The molecule has 0 aromatic carbocycles. The number of aryl methyl sites for hydroxylation is 1. The standard InChI is InChI=1S/C16H20N2O2S2/c1-10-6-13(12-4-5-21-9-12)7-18(10)16(19)15-11(2)17-14(22-15)8-20-3/h4-5,9-10,13H,6-8H2,1-3H3/t10-,13+/m0/s1. The van der Waals surface area contributed by atoms with E-state index in [4.69, 9.17) is 4.74 Å². The number of carbonyl (C=O) groups excluding carboxylic acids is 1. The number of likely N-dealkylation sites (tertiary alicyclic amines) is 1. The Morgan fingerprint density at radius 1 is 1.55 bits per heavy atom. The summed E-state index contributed by atoms with van der Waals surface area (Å²) in [6, 6.07) is 2.44. The van der Waals surface area contributed by atoms with Gasteiger partial charge in [-0.25, -0.2) is 4.98 Å². The first kappa shape index (κ1) is 15.6. The van der Waals surface area contributed by atoms with Gasteiger partial charge < -0.3 is 9.64 Å². The summed E-state index contributed by atoms with van der Waals surface area (Å²) in [5.74, 6) is 0.569. The van der Waals surface area contributed by atoms with E-state index >= 15 is 0 Å². The van der Waals surface area contributed by atoms with Crippen molar-refractivity contribution in [2.24, 2.45) is 0 Å². The maximum absolute atomic E-state index is 12.9. The van der Waals surface area contributed by atoms with E-state index in [0.717, 1.165) is 28.5 Å². The molecule has 1 aliphatic rings. The van der Waals surface area contributed by atoms with E-state index in [-0.39, 0.29) is 11.9 Å². The number of methoxy groups -OCH3 is 1. The third-order valence-electron chi connectivity index (χ3n) is 4.15. The van der Waals surface area contributed by atoms with Crippen LogP contribution in [0.15, 0.2) is 16.8 Å². The third-order valence-corrected chi connectivity index (χ3v) is 5.97. The average Bonchev–Trinajstić information content (AvgIpc) is 3.18. The van der Waals surface area contributed by atoms with Crippen molar-refractivity contribution >= 4 is 28.6 Å². The van der Waals surface area contributed by atoms with Crippen LogP contribution in [0.4, 0.5) is 0 Å².